The standard InChI is InChI=1S/C13H8FNO/c14-9-2-4-11-10-3-1-8(7-16)5-12(10)15-13(11)6-9/h1-7,15H. The highest BCUT2D eigenvalue weighted by Gasteiger charge is 2.05. The molecule has 0 radical (unpaired) electrons. The van der Waals surface area contributed by atoms with Gasteiger partial charge in [-0.05, 0) is 24.3 Å². The van der Waals surface area contributed by atoms with E-state index in [-0.39, 0.29) is 5.82 Å². The molecule has 0 spiro atoms. The van der Waals surface area contributed by atoms with E-state index < -0.39 is 0 Å². The Kier molecular flexibility index (Phi) is 1.80. The van der Waals surface area contributed by atoms with Gasteiger partial charge in [0.25, 0.3) is 0 Å². The van der Waals surface area contributed by atoms with Crippen molar-refractivity contribution in [3.8, 4) is 0 Å². The number of aldehydes is 1. The van der Waals surface area contributed by atoms with E-state index >= 15 is 0 Å². The molecule has 0 aliphatic carbocycles. The predicted molar refractivity (Wildman–Crippen MR) is 61.2 cm³/mol. The molecule has 0 aliphatic heterocycles. The van der Waals surface area contributed by atoms with Gasteiger partial charge in [0.1, 0.15) is 12.1 Å². The maximum Gasteiger partial charge on any atom is 0.150 e. The molecule has 3 heteroatoms. The molecular formula is C13H8FNO. The number of carbonyl (C=O) groups is 1. The summed E-state index contributed by atoms with van der Waals surface area (Å²) < 4.78 is 13.0. The van der Waals surface area contributed by atoms with Crippen molar-refractivity contribution >= 4 is 28.1 Å². The lowest BCUT2D eigenvalue weighted by Crippen LogP contribution is -1.77. The number of aromatic nitrogens is 1. The Bertz CT molecular complexity index is 700. The van der Waals surface area contributed by atoms with E-state index in [4.69, 9.17) is 0 Å². The number of hydrogen-bond acceptors (Lipinski definition) is 1. The fourth-order valence-corrected chi connectivity index (χ4v) is 1.97. The van der Waals surface area contributed by atoms with Gasteiger partial charge >= 0.3 is 0 Å². The van der Waals surface area contributed by atoms with Crippen molar-refractivity contribution in [3.63, 3.8) is 0 Å². The molecule has 0 aliphatic rings. The second kappa shape index (κ2) is 3.17. The van der Waals surface area contributed by atoms with E-state index in [2.05, 4.69) is 4.98 Å². The molecule has 0 saturated heterocycles. The van der Waals surface area contributed by atoms with Crippen LogP contribution < -0.4 is 0 Å². The molecule has 0 fully saturated rings. The van der Waals surface area contributed by atoms with Crippen LogP contribution in [0.3, 0.4) is 0 Å². The van der Waals surface area contributed by atoms with Crippen LogP contribution in [0.15, 0.2) is 36.4 Å². The van der Waals surface area contributed by atoms with Gasteiger partial charge in [0.15, 0.2) is 0 Å². The highest BCUT2D eigenvalue weighted by molar-refractivity contribution is 6.08. The highest BCUT2D eigenvalue weighted by atomic mass is 19.1. The third-order valence-corrected chi connectivity index (χ3v) is 2.72. The van der Waals surface area contributed by atoms with Crippen LogP contribution in [0.1, 0.15) is 10.4 Å². The van der Waals surface area contributed by atoms with Crippen molar-refractivity contribution in [1.29, 1.82) is 0 Å². The van der Waals surface area contributed by atoms with Crippen molar-refractivity contribution in [2.24, 2.45) is 0 Å². The number of benzene rings is 2. The van der Waals surface area contributed by atoms with Crippen LogP contribution in [-0.2, 0) is 0 Å². The summed E-state index contributed by atoms with van der Waals surface area (Å²) in [6.07, 6.45) is 0.797. The lowest BCUT2D eigenvalue weighted by molar-refractivity contribution is 0.112. The van der Waals surface area contributed by atoms with Gasteiger partial charge in [-0.25, -0.2) is 4.39 Å². The summed E-state index contributed by atoms with van der Waals surface area (Å²) in [5.74, 6) is -0.269. The van der Waals surface area contributed by atoms with Crippen LogP contribution >= 0.6 is 0 Å². The minimum Gasteiger partial charge on any atom is -0.354 e. The number of fused-ring (bicyclic) bond motifs is 3. The maximum absolute atomic E-state index is 13.0. The molecule has 2 nitrogen and oxygen atoms in total. The van der Waals surface area contributed by atoms with E-state index in [0.717, 1.165) is 28.1 Å². The normalized spacial score (nSPS) is 11.1. The third-order valence-electron chi connectivity index (χ3n) is 2.72. The first-order valence-corrected chi connectivity index (χ1v) is 4.94. The first-order valence-electron chi connectivity index (χ1n) is 4.94. The molecular weight excluding hydrogens is 205 g/mol. The SMILES string of the molecule is O=Cc1ccc2c(c1)[nH]c1cc(F)ccc12. The van der Waals surface area contributed by atoms with E-state index in [1.807, 2.05) is 6.07 Å². The zero-order chi connectivity index (χ0) is 11.1. The Balaban J connectivity index is 2.45. The summed E-state index contributed by atoms with van der Waals surface area (Å²) >= 11 is 0. The second-order valence-electron chi connectivity index (χ2n) is 3.74. The average molecular weight is 213 g/mol. The first-order chi connectivity index (χ1) is 7.78. The van der Waals surface area contributed by atoms with Gasteiger partial charge in [0.2, 0.25) is 0 Å². The van der Waals surface area contributed by atoms with Crippen molar-refractivity contribution in [3.05, 3.63) is 47.8 Å². The van der Waals surface area contributed by atoms with Crippen LogP contribution in [0.25, 0.3) is 21.8 Å². The third kappa shape index (κ3) is 1.21. The molecule has 78 valence electrons. The largest absolute Gasteiger partial charge is 0.354 e. The molecule has 0 amide bonds. The van der Waals surface area contributed by atoms with Gasteiger partial charge < -0.3 is 4.98 Å². The summed E-state index contributed by atoms with van der Waals surface area (Å²) in [5.41, 5.74) is 2.21. The number of halogens is 1. The number of hydrogen-bond donors (Lipinski definition) is 1. The Morgan fingerprint density at radius 2 is 1.69 bits per heavy atom. The van der Waals surface area contributed by atoms with Crippen molar-refractivity contribution in [2.45, 2.75) is 0 Å². The Hall–Kier alpha value is -2.16. The van der Waals surface area contributed by atoms with Crippen LogP contribution in [-0.4, -0.2) is 11.3 Å². The van der Waals surface area contributed by atoms with Crippen LogP contribution in [0, 0.1) is 5.82 Å². The topological polar surface area (TPSA) is 32.9 Å². The van der Waals surface area contributed by atoms with Gasteiger partial charge in [-0.1, -0.05) is 12.1 Å². The van der Waals surface area contributed by atoms with Gasteiger partial charge in [0, 0.05) is 27.4 Å². The molecule has 3 rings (SSSR count). The summed E-state index contributed by atoms with van der Waals surface area (Å²) in [5, 5.41) is 1.97. The molecule has 1 aromatic heterocycles. The van der Waals surface area contributed by atoms with E-state index in [0.29, 0.717) is 5.56 Å². The monoisotopic (exact) mass is 213 g/mol. The van der Waals surface area contributed by atoms with E-state index in [9.17, 15) is 9.18 Å². The van der Waals surface area contributed by atoms with Crippen LogP contribution in [0.4, 0.5) is 4.39 Å². The van der Waals surface area contributed by atoms with Crippen LogP contribution in [0.5, 0.6) is 0 Å². The predicted octanol–water partition coefficient (Wildman–Crippen LogP) is 3.27. The summed E-state index contributed by atoms with van der Waals surface area (Å²) in [4.78, 5) is 13.7. The minimum absolute atomic E-state index is 0.269. The molecule has 0 bridgehead atoms. The Labute approximate surface area is 90.7 Å². The molecule has 0 unspecified atom stereocenters. The van der Waals surface area contributed by atoms with Gasteiger partial charge in [-0.2, -0.15) is 0 Å². The van der Waals surface area contributed by atoms with Gasteiger partial charge in [-0.3, -0.25) is 4.79 Å². The summed E-state index contributed by atoms with van der Waals surface area (Å²) in [6, 6.07) is 10.0. The number of H-pyrrole nitrogens is 1. The molecule has 0 saturated carbocycles. The molecule has 2 aromatic carbocycles. The second-order valence-corrected chi connectivity index (χ2v) is 3.74. The maximum atomic E-state index is 13.0. The lowest BCUT2D eigenvalue weighted by atomic mass is 10.1. The van der Waals surface area contributed by atoms with Gasteiger partial charge in [-0.15, -0.1) is 0 Å². The molecule has 3 aromatic rings. The molecule has 1 heterocycles. The fourth-order valence-electron chi connectivity index (χ4n) is 1.97. The summed E-state index contributed by atoms with van der Waals surface area (Å²) in [7, 11) is 0. The Morgan fingerprint density at radius 1 is 1.00 bits per heavy atom. The molecule has 0 atom stereocenters. The number of rotatable bonds is 1. The van der Waals surface area contributed by atoms with Crippen LogP contribution in [0.2, 0.25) is 0 Å². The van der Waals surface area contributed by atoms with Crippen molar-refractivity contribution < 1.29 is 9.18 Å². The van der Waals surface area contributed by atoms with Gasteiger partial charge in [0.05, 0.1) is 0 Å². The van der Waals surface area contributed by atoms with Crippen molar-refractivity contribution in [2.75, 3.05) is 0 Å². The van der Waals surface area contributed by atoms with E-state index in [1.165, 1.54) is 12.1 Å². The number of carbonyl (C=O) groups excluding carboxylic acids is 1. The Morgan fingerprint density at radius 3 is 2.44 bits per heavy atom. The highest BCUT2D eigenvalue weighted by Crippen LogP contribution is 2.26. The number of nitrogens with one attached hydrogen (secondary N) is 1. The summed E-state index contributed by atoms with van der Waals surface area (Å²) in [6.45, 7) is 0. The fraction of sp³-hybridized carbons (Fsp3) is 0. The molecule has 16 heavy (non-hydrogen) atoms. The van der Waals surface area contributed by atoms with E-state index in [1.54, 1.807) is 18.2 Å². The number of aromatic amines is 1. The zero-order valence-corrected chi connectivity index (χ0v) is 8.33. The average Bonchev–Trinajstić information content (AvgIpc) is 2.64. The smallest absolute Gasteiger partial charge is 0.150 e. The quantitative estimate of drug-likeness (QED) is 0.618. The minimum atomic E-state index is -0.269. The van der Waals surface area contributed by atoms with Crippen molar-refractivity contribution in [1.82, 2.24) is 4.98 Å². The zero-order valence-electron chi connectivity index (χ0n) is 8.33. The first kappa shape index (κ1) is 9.09. The molecule has 1 N–H and O–H groups in total. The lowest BCUT2D eigenvalue weighted by Gasteiger charge is -1.92.